The average Bonchev–Trinajstić information content (AvgIpc) is 2.50. The number of methoxy groups -OCH3 is 1. The average molecular weight is 320 g/mol. The van der Waals surface area contributed by atoms with E-state index in [9.17, 15) is 4.79 Å². The molecule has 0 radical (unpaired) electrons. The number of rotatable bonds is 5. The lowest BCUT2D eigenvalue weighted by Crippen LogP contribution is -2.12. The lowest BCUT2D eigenvalue weighted by atomic mass is 10.1. The fraction of sp³-hybridized carbons (Fsp3) is 0.235. The molecule has 2 aromatic rings. The van der Waals surface area contributed by atoms with Gasteiger partial charge in [0.2, 0.25) is 0 Å². The van der Waals surface area contributed by atoms with Crippen LogP contribution in [0.4, 0.5) is 5.69 Å². The van der Waals surface area contributed by atoms with Crippen molar-refractivity contribution in [1.82, 2.24) is 0 Å². The maximum Gasteiger partial charge on any atom is 0.255 e. The summed E-state index contributed by atoms with van der Waals surface area (Å²) in [5.41, 5.74) is 2.07. The summed E-state index contributed by atoms with van der Waals surface area (Å²) in [6.45, 7) is 4.29. The summed E-state index contributed by atoms with van der Waals surface area (Å²) in [6.07, 6.45) is 0. The van der Waals surface area contributed by atoms with Gasteiger partial charge in [-0.2, -0.15) is 0 Å². The molecule has 0 saturated heterocycles. The van der Waals surface area contributed by atoms with E-state index in [-0.39, 0.29) is 5.91 Å². The number of aryl methyl sites for hydroxylation is 1. The van der Waals surface area contributed by atoms with Gasteiger partial charge in [0.15, 0.2) is 11.5 Å². The minimum Gasteiger partial charge on any atom is -0.493 e. The lowest BCUT2D eigenvalue weighted by molar-refractivity contribution is 0.102. The van der Waals surface area contributed by atoms with Gasteiger partial charge in [-0.1, -0.05) is 17.7 Å². The van der Waals surface area contributed by atoms with Crippen molar-refractivity contribution >= 4 is 23.2 Å². The van der Waals surface area contributed by atoms with E-state index in [2.05, 4.69) is 5.32 Å². The van der Waals surface area contributed by atoms with Crippen LogP contribution in [0.3, 0.4) is 0 Å². The van der Waals surface area contributed by atoms with Gasteiger partial charge in [0.05, 0.1) is 13.7 Å². The second-order valence-corrected chi connectivity index (χ2v) is 5.12. The van der Waals surface area contributed by atoms with Crippen LogP contribution in [0.5, 0.6) is 11.5 Å². The van der Waals surface area contributed by atoms with Crippen molar-refractivity contribution in [1.29, 1.82) is 0 Å². The number of hydrogen-bond acceptors (Lipinski definition) is 3. The molecule has 0 aliphatic heterocycles. The van der Waals surface area contributed by atoms with Crippen molar-refractivity contribution in [3.63, 3.8) is 0 Å². The lowest BCUT2D eigenvalue weighted by Gasteiger charge is -2.12. The van der Waals surface area contributed by atoms with Crippen molar-refractivity contribution in [2.45, 2.75) is 13.8 Å². The molecule has 0 heterocycles. The van der Waals surface area contributed by atoms with Crippen LogP contribution in [-0.4, -0.2) is 19.6 Å². The van der Waals surface area contributed by atoms with E-state index < -0.39 is 0 Å². The van der Waals surface area contributed by atoms with Gasteiger partial charge >= 0.3 is 0 Å². The molecule has 1 N–H and O–H groups in total. The van der Waals surface area contributed by atoms with Crippen molar-refractivity contribution in [3.8, 4) is 11.5 Å². The number of nitrogens with one attached hydrogen (secondary N) is 1. The van der Waals surface area contributed by atoms with E-state index in [0.29, 0.717) is 34.4 Å². The Labute approximate surface area is 135 Å². The number of benzene rings is 2. The first-order chi connectivity index (χ1) is 10.5. The monoisotopic (exact) mass is 319 g/mol. The van der Waals surface area contributed by atoms with E-state index in [1.807, 2.05) is 19.9 Å². The van der Waals surface area contributed by atoms with Crippen LogP contribution in [0.2, 0.25) is 5.02 Å². The van der Waals surface area contributed by atoms with Crippen molar-refractivity contribution in [3.05, 3.63) is 52.5 Å². The molecule has 0 aliphatic rings. The summed E-state index contributed by atoms with van der Waals surface area (Å²) in [4.78, 5) is 12.3. The van der Waals surface area contributed by atoms with Gasteiger partial charge in [-0.25, -0.2) is 0 Å². The predicted octanol–water partition coefficient (Wildman–Crippen LogP) is 4.31. The topological polar surface area (TPSA) is 47.6 Å². The summed E-state index contributed by atoms with van der Waals surface area (Å²) in [5.74, 6) is 0.984. The first kappa shape index (κ1) is 16.2. The Morgan fingerprint density at radius 3 is 2.59 bits per heavy atom. The van der Waals surface area contributed by atoms with Crippen LogP contribution in [0, 0.1) is 6.92 Å². The minimum absolute atomic E-state index is 0.227. The number of amides is 1. The van der Waals surface area contributed by atoms with Gasteiger partial charge in [-0.15, -0.1) is 0 Å². The van der Waals surface area contributed by atoms with Crippen molar-refractivity contribution in [2.24, 2.45) is 0 Å². The number of carbonyl (C=O) groups excluding carboxylic acids is 1. The van der Waals surface area contributed by atoms with Gasteiger partial charge in [0, 0.05) is 22.3 Å². The zero-order chi connectivity index (χ0) is 16.1. The molecule has 1 amide bonds. The molecular formula is C17H18ClNO3. The fourth-order valence-corrected chi connectivity index (χ4v) is 2.14. The summed E-state index contributed by atoms with van der Waals surface area (Å²) >= 11 is 6.05. The molecule has 22 heavy (non-hydrogen) atoms. The zero-order valence-corrected chi connectivity index (χ0v) is 13.5. The van der Waals surface area contributed by atoms with Crippen molar-refractivity contribution in [2.75, 3.05) is 19.0 Å². The minimum atomic E-state index is -0.227. The van der Waals surface area contributed by atoms with Crippen molar-refractivity contribution < 1.29 is 14.3 Å². The fourth-order valence-electron chi connectivity index (χ4n) is 1.96. The summed E-state index contributed by atoms with van der Waals surface area (Å²) < 4.78 is 10.7. The van der Waals surface area contributed by atoms with Crippen LogP contribution in [0.1, 0.15) is 22.8 Å². The van der Waals surface area contributed by atoms with Crippen LogP contribution in [0.25, 0.3) is 0 Å². The SMILES string of the molecule is CCOc1cc(NC(=O)c2ccc(C)c(Cl)c2)ccc1OC. The molecule has 0 saturated carbocycles. The number of ether oxygens (including phenoxy) is 2. The first-order valence-corrected chi connectivity index (χ1v) is 7.31. The van der Waals surface area contributed by atoms with Crippen LogP contribution >= 0.6 is 11.6 Å². The van der Waals surface area contributed by atoms with E-state index >= 15 is 0 Å². The molecule has 4 nitrogen and oxygen atoms in total. The smallest absolute Gasteiger partial charge is 0.255 e. The van der Waals surface area contributed by atoms with Crippen LogP contribution < -0.4 is 14.8 Å². The quantitative estimate of drug-likeness (QED) is 0.893. The van der Waals surface area contributed by atoms with Crippen LogP contribution in [0.15, 0.2) is 36.4 Å². The van der Waals surface area contributed by atoms with E-state index in [4.69, 9.17) is 21.1 Å². The highest BCUT2D eigenvalue weighted by Gasteiger charge is 2.10. The standard InChI is InChI=1S/C17H18ClNO3/c1-4-22-16-10-13(7-8-15(16)21-3)19-17(20)12-6-5-11(2)14(18)9-12/h5-10H,4H2,1-3H3,(H,19,20). The predicted molar refractivity (Wildman–Crippen MR) is 88.3 cm³/mol. The van der Waals surface area contributed by atoms with Gasteiger partial charge in [0.1, 0.15) is 0 Å². The van der Waals surface area contributed by atoms with Gasteiger partial charge in [-0.05, 0) is 43.7 Å². The normalized spacial score (nSPS) is 10.2. The molecule has 116 valence electrons. The third kappa shape index (κ3) is 3.71. The number of hydrogen-bond donors (Lipinski definition) is 1. The van der Waals surface area contributed by atoms with E-state index in [1.165, 1.54) is 0 Å². The Balaban J connectivity index is 2.20. The highest BCUT2D eigenvalue weighted by atomic mass is 35.5. The molecule has 2 aromatic carbocycles. The number of carbonyl (C=O) groups is 1. The highest BCUT2D eigenvalue weighted by Crippen LogP contribution is 2.30. The first-order valence-electron chi connectivity index (χ1n) is 6.93. The molecule has 0 spiro atoms. The molecule has 5 heteroatoms. The van der Waals surface area contributed by atoms with E-state index in [1.54, 1.807) is 37.4 Å². The summed E-state index contributed by atoms with van der Waals surface area (Å²) in [6, 6.07) is 10.5. The molecular weight excluding hydrogens is 302 g/mol. The maximum absolute atomic E-state index is 12.3. The second-order valence-electron chi connectivity index (χ2n) is 4.72. The Morgan fingerprint density at radius 2 is 1.95 bits per heavy atom. The molecule has 0 aromatic heterocycles. The molecule has 2 rings (SSSR count). The summed E-state index contributed by atoms with van der Waals surface area (Å²) in [7, 11) is 1.57. The van der Waals surface area contributed by atoms with Gasteiger partial charge in [-0.3, -0.25) is 4.79 Å². The molecule has 0 bridgehead atoms. The molecule has 0 atom stereocenters. The number of anilines is 1. The van der Waals surface area contributed by atoms with Crippen LogP contribution in [-0.2, 0) is 0 Å². The van der Waals surface area contributed by atoms with Gasteiger partial charge in [0.25, 0.3) is 5.91 Å². The second kappa shape index (κ2) is 7.18. The largest absolute Gasteiger partial charge is 0.493 e. The maximum atomic E-state index is 12.3. The third-order valence-electron chi connectivity index (χ3n) is 3.16. The Hall–Kier alpha value is -2.20. The Morgan fingerprint density at radius 1 is 1.18 bits per heavy atom. The number of halogens is 1. The summed E-state index contributed by atoms with van der Waals surface area (Å²) in [5, 5.41) is 3.39. The molecule has 0 fully saturated rings. The van der Waals surface area contributed by atoms with E-state index in [0.717, 1.165) is 5.56 Å². The molecule has 0 aliphatic carbocycles. The highest BCUT2D eigenvalue weighted by molar-refractivity contribution is 6.31. The third-order valence-corrected chi connectivity index (χ3v) is 3.56. The van der Waals surface area contributed by atoms with Gasteiger partial charge < -0.3 is 14.8 Å². The molecule has 0 unspecified atom stereocenters. The zero-order valence-electron chi connectivity index (χ0n) is 12.8. The Bertz CT molecular complexity index is 686. The Kier molecular flexibility index (Phi) is 5.28.